The standard InChI is InChI=1S/C15H18ClFN2/c1-11(2)19-7-6-15(18-19)9-13(10-16)12-4-3-5-14(17)8-12/h3-8,11,13H,9-10H2,1-2H3. The van der Waals surface area contributed by atoms with E-state index in [0.717, 1.165) is 17.7 Å². The zero-order valence-corrected chi connectivity index (χ0v) is 11.9. The van der Waals surface area contributed by atoms with Gasteiger partial charge in [0.15, 0.2) is 0 Å². The Morgan fingerprint density at radius 3 is 2.68 bits per heavy atom. The number of alkyl halides is 1. The van der Waals surface area contributed by atoms with Gasteiger partial charge >= 0.3 is 0 Å². The fourth-order valence-corrected chi connectivity index (χ4v) is 2.34. The summed E-state index contributed by atoms with van der Waals surface area (Å²) in [7, 11) is 0. The fourth-order valence-electron chi connectivity index (χ4n) is 2.05. The lowest BCUT2D eigenvalue weighted by atomic mass is 9.96. The Balaban J connectivity index is 2.14. The summed E-state index contributed by atoms with van der Waals surface area (Å²) in [6.07, 6.45) is 2.70. The lowest BCUT2D eigenvalue weighted by molar-refractivity contribution is 0.523. The largest absolute Gasteiger partial charge is 0.270 e. The minimum atomic E-state index is -0.222. The van der Waals surface area contributed by atoms with E-state index in [9.17, 15) is 4.39 Å². The van der Waals surface area contributed by atoms with Crippen molar-refractivity contribution in [3.63, 3.8) is 0 Å². The first-order chi connectivity index (χ1) is 9.10. The molecule has 1 atom stereocenters. The lowest BCUT2D eigenvalue weighted by Crippen LogP contribution is -2.07. The van der Waals surface area contributed by atoms with E-state index in [1.54, 1.807) is 12.1 Å². The Morgan fingerprint density at radius 2 is 2.11 bits per heavy atom. The number of benzene rings is 1. The highest BCUT2D eigenvalue weighted by atomic mass is 35.5. The molecule has 0 aliphatic heterocycles. The number of nitrogens with zero attached hydrogens (tertiary/aromatic N) is 2. The van der Waals surface area contributed by atoms with Crippen LogP contribution >= 0.6 is 11.6 Å². The summed E-state index contributed by atoms with van der Waals surface area (Å²) in [6, 6.07) is 8.97. The van der Waals surface area contributed by atoms with Gasteiger partial charge in [-0.3, -0.25) is 4.68 Å². The molecule has 2 nitrogen and oxygen atoms in total. The molecule has 1 aromatic heterocycles. The summed E-state index contributed by atoms with van der Waals surface area (Å²) in [4.78, 5) is 0. The Hall–Kier alpha value is -1.35. The highest BCUT2D eigenvalue weighted by Crippen LogP contribution is 2.22. The molecular weight excluding hydrogens is 263 g/mol. The molecule has 0 radical (unpaired) electrons. The van der Waals surface area contributed by atoms with Gasteiger partial charge in [0, 0.05) is 24.0 Å². The second-order valence-electron chi connectivity index (χ2n) is 4.99. The van der Waals surface area contributed by atoms with Crippen molar-refractivity contribution in [1.82, 2.24) is 9.78 Å². The fraction of sp³-hybridized carbons (Fsp3) is 0.400. The van der Waals surface area contributed by atoms with Crippen molar-refractivity contribution in [3.8, 4) is 0 Å². The van der Waals surface area contributed by atoms with Crippen LogP contribution < -0.4 is 0 Å². The van der Waals surface area contributed by atoms with Crippen molar-refractivity contribution in [2.24, 2.45) is 0 Å². The highest BCUT2D eigenvalue weighted by molar-refractivity contribution is 6.18. The maximum atomic E-state index is 13.2. The highest BCUT2D eigenvalue weighted by Gasteiger charge is 2.14. The number of hydrogen-bond acceptors (Lipinski definition) is 1. The molecule has 0 fully saturated rings. The van der Waals surface area contributed by atoms with E-state index >= 15 is 0 Å². The SMILES string of the molecule is CC(C)n1ccc(CC(CCl)c2cccc(F)c2)n1. The number of hydrogen-bond donors (Lipinski definition) is 0. The van der Waals surface area contributed by atoms with Crippen LogP contribution in [-0.4, -0.2) is 15.7 Å². The lowest BCUT2D eigenvalue weighted by Gasteiger charge is -2.13. The molecule has 0 aliphatic rings. The smallest absolute Gasteiger partial charge is 0.123 e. The third kappa shape index (κ3) is 3.57. The average molecular weight is 281 g/mol. The van der Waals surface area contributed by atoms with Crippen molar-refractivity contribution in [3.05, 3.63) is 53.6 Å². The minimum absolute atomic E-state index is 0.0906. The van der Waals surface area contributed by atoms with Gasteiger partial charge in [-0.05, 0) is 44.0 Å². The van der Waals surface area contributed by atoms with Crippen LogP contribution in [0, 0.1) is 5.82 Å². The van der Waals surface area contributed by atoms with Gasteiger partial charge in [-0.2, -0.15) is 5.10 Å². The second kappa shape index (κ2) is 6.20. The van der Waals surface area contributed by atoms with Crippen molar-refractivity contribution < 1.29 is 4.39 Å². The Bertz CT molecular complexity index is 536. The molecule has 1 aromatic carbocycles. The van der Waals surface area contributed by atoms with E-state index in [-0.39, 0.29) is 11.7 Å². The van der Waals surface area contributed by atoms with Gasteiger partial charge in [0.1, 0.15) is 5.82 Å². The number of aromatic nitrogens is 2. The molecule has 0 saturated heterocycles. The molecule has 2 aromatic rings. The summed E-state index contributed by atoms with van der Waals surface area (Å²) >= 11 is 6.02. The van der Waals surface area contributed by atoms with E-state index < -0.39 is 0 Å². The molecule has 102 valence electrons. The quantitative estimate of drug-likeness (QED) is 0.752. The van der Waals surface area contributed by atoms with E-state index in [4.69, 9.17) is 11.6 Å². The molecule has 0 aliphatic carbocycles. The van der Waals surface area contributed by atoms with E-state index in [2.05, 4.69) is 18.9 Å². The maximum absolute atomic E-state index is 13.2. The predicted molar refractivity (Wildman–Crippen MR) is 76.2 cm³/mol. The van der Waals surface area contributed by atoms with Crippen molar-refractivity contribution >= 4 is 11.6 Å². The van der Waals surface area contributed by atoms with Gasteiger partial charge < -0.3 is 0 Å². The van der Waals surface area contributed by atoms with Crippen molar-refractivity contribution in [2.45, 2.75) is 32.2 Å². The first-order valence-electron chi connectivity index (χ1n) is 6.45. The van der Waals surface area contributed by atoms with Crippen molar-refractivity contribution in [2.75, 3.05) is 5.88 Å². The Kier molecular flexibility index (Phi) is 4.59. The molecule has 0 bridgehead atoms. The van der Waals surface area contributed by atoms with Gasteiger partial charge in [-0.1, -0.05) is 12.1 Å². The van der Waals surface area contributed by atoms with Crippen LogP contribution in [0.25, 0.3) is 0 Å². The van der Waals surface area contributed by atoms with Gasteiger partial charge in [0.2, 0.25) is 0 Å². The molecule has 4 heteroatoms. The molecule has 0 N–H and O–H groups in total. The Labute approximate surface area is 118 Å². The predicted octanol–water partition coefficient (Wildman–Crippen LogP) is 4.17. The van der Waals surface area contributed by atoms with E-state index in [1.807, 2.05) is 23.0 Å². The maximum Gasteiger partial charge on any atom is 0.123 e. The molecule has 1 unspecified atom stereocenters. The van der Waals surface area contributed by atoms with Crippen LogP contribution in [0.1, 0.15) is 37.1 Å². The second-order valence-corrected chi connectivity index (χ2v) is 5.30. The molecule has 2 rings (SSSR count). The van der Waals surface area contributed by atoms with Crippen LogP contribution in [0.4, 0.5) is 4.39 Å². The zero-order valence-electron chi connectivity index (χ0n) is 11.2. The van der Waals surface area contributed by atoms with Gasteiger partial charge in [-0.15, -0.1) is 11.6 Å². The van der Waals surface area contributed by atoms with Crippen LogP contribution in [0.5, 0.6) is 0 Å². The summed E-state index contributed by atoms with van der Waals surface area (Å²) in [6.45, 7) is 4.17. The molecule has 0 saturated carbocycles. The first-order valence-corrected chi connectivity index (χ1v) is 6.99. The van der Waals surface area contributed by atoms with Gasteiger partial charge in [0.05, 0.1) is 5.69 Å². The summed E-state index contributed by atoms with van der Waals surface area (Å²) < 4.78 is 15.2. The third-order valence-corrected chi connectivity index (χ3v) is 3.53. The molecular formula is C15H18ClFN2. The zero-order chi connectivity index (χ0) is 13.8. The molecule has 0 spiro atoms. The number of halogens is 2. The van der Waals surface area contributed by atoms with Crippen LogP contribution in [-0.2, 0) is 6.42 Å². The number of rotatable bonds is 5. The minimum Gasteiger partial charge on any atom is -0.270 e. The average Bonchev–Trinajstić information content (AvgIpc) is 2.84. The Morgan fingerprint density at radius 1 is 1.32 bits per heavy atom. The van der Waals surface area contributed by atoms with E-state index in [0.29, 0.717) is 11.9 Å². The summed E-state index contributed by atoms with van der Waals surface area (Å²) in [5.74, 6) is 0.325. The van der Waals surface area contributed by atoms with Gasteiger partial charge in [0.25, 0.3) is 0 Å². The van der Waals surface area contributed by atoms with Crippen LogP contribution in [0.15, 0.2) is 36.5 Å². The molecule has 19 heavy (non-hydrogen) atoms. The van der Waals surface area contributed by atoms with Crippen molar-refractivity contribution in [1.29, 1.82) is 0 Å². The van der Waals surface area contributed by atoms with Gasteiger partial charge in [-0.25, -0.2) is 4.39 Å². The monoisotopic (exact) mass is 280 g/mol. The topological polar surface area (TPSA) is 17.8 Å². The summed E-state index contributed by atoms with van der Waals surface area (Å²) in [5.41, 5.74) is 1.91. The molecule has 0 amide bonds. The summed E-state index contributed by atoms with van der Waals surface area (Å²) in [5, 5.41) is 4.51. The first kappa shape index (κ1) is 14.1. The van der Waals surface area contributed by atoms with Crippen LogP contribution in [0.3, 0.4) is 0 Å². The van der Waals surface area contributed by atoms with E-state index in [1.165, 1.54) is 6.07 Å². The normalized spacial score (nSPS) is 12.9. The van der Waals surface area contributed by atoms with Crippen LogP contribution in [0.2, 0.25) is 0 Å². The molecule has 1 heterocycles. The third-order valence-electron chi connectivity index (χ3n) is 3.15.